The van der Waals surface area contributed by atoms with Gasteiger partial charge in [-0.2, -0.15) is 0 Å². The highest BCUT2D eigenvalue weighted by Crippen LogP contribution is 2.26. The van der Waals surface area contributed by atoms with Gasteiger partial charge in [0.1, 0.15) is 11.3 Å². The first-order valence-corrected chi connectivity index (χ1v) is 5.31. The molecule has 3 aromatic rings. The van der Waals surface area contributed by atoms with Gasteiger partial charge >= 0.3 is 5.63 Å². The van der Waals surface area contributed by atoms with Gasteiger partial charge in [0.05, 0.1) is 0 Å². The van der Waals surface area contributed by atoms with Crippen molar-refractivity contribution in [3.63, 3.8) is 0 Å². The molecular formula is C14H10O3. The Hall–Kier alpha value is -2.29. The van der Waals surface area contributed by atoms with Crippen molar-refractivity contribution in [2.75, 3.05) is 0 Å². The summed E-state index contributed by atoms with van der Waals surface area (Å²) in [4.78, 5) is 11.3. The Morgan fingerprint density at radius 3 is 2.71 bits per heavy atom. The Kier molecular flexibility index (Phi) is 1.95. The summed E-state index contributed by atoms with van der Waals surface area (Å²) in [6, 6.07) is 10.4. The number of fused-ring (bicyclic) bond motifs is 2. The molecule has 1 N–H and O–H groups in total. The van der Waals surface area contributed by atoms with Crippen LogP contribution >= 0.6 is 0 Å². The van der Waals surface area contributed by atoms with Crippen molar-refractivity contribution in [3.8, 4) is 5.75 Å². The van der Waals surface area contributed by atoms with Crippen LogP contribution in [-0.2, 0) is 0 Å². The summed E-state index contributed by atoms with van der Waals surface area (Å²) >= 11 is 0. The van der Waals surface area contributed by atoms with E-state index in [-0.39, 0.29) is 11.4 Å². The molecular weight excluding hydrogens is 216 g/mol. The zero-order chi connectivity index (χ0) is 12.0. The SMILES string of the molecule is Cc1cc(=O)oc2cc3cc(O)ccc3cc12. The van der Waals surface area contributed by atoms with E-state index in [1.165, 1.54) is 6.07 Å². The highest BCUT2D eigenvalue weighted by Gasteiger charge is 2.04. The van der Waals surface area contributed by atoms with Crippen LogP contribution in [0.1, 0.15) is 5.56 Å². The predicted octanol–water partition coefficient (Wildman–Crippen LogP) is 2.96. The maximum Gasteiger partial charge on any atom is 0.336 e. The van der Waals surface area contributed by atoms with Crippen LogP contribution in [0, 0.1) is 6.92 Å². The van der Waals surface area contributed by atoms with Gasteiger partial charge in [-0.1, -0.05) is 6.07 Å². The molecule has 0 unspecified atom stereocenters. The van der Waals surface area contributed by atoms with Gasteiger partial charge < -0.3 is 9.52 Å². The molecule has 17 heavy (non-hydrogen) atoms. The zero-order valence-corrected chi connectivity index (χ0v) is 9.23. The zero-order valence-electron chi connectivity index (χ0n) is 9.23. The van der Waals surface area contributed by atoms with Gasteiger partial charge in [-0.15, -0.1) is 0 Å². The van der Waals surface area contributed by atoms with Gasteiger partial charge in [0.25, 0.3) is 0 Å². The van der Waals surface area contributed by atoms with Crippen LogP contribution in [-0.4, -0.2) is 5.11 Å². The highest BCUT2D eigenvalue weighted by atomic mass is 16.4. The van der Waals surface area contributed by atoms with Crippen LogP contribution in [0.5, 0.6) is 5.75 Å². The summed E-state index contributed by atoms with van der Waals surface area (Å²) in [5.41, 5.74) is 1.09. The van der Waals surface area contributed by atoms with Crippen molar-refractivity contribution >= 4 is 21.7 Å². The summed E-state index contributed by atoms with van der Waals surface area (Å²) < 4.78 is 5.15. The molecule has 1 aromatic heterocycles. The first-order chi connectivity index (χ1) is 8.13. The van der Waals surface area contributed by atoms with Crippen molar-refractivity contribution in [2.45, 2.75) is 6.92 Å². The van der Waals surface area contributed by atoms with E-state index in [1.807, 2.05) is 19.1 Å². The van der Waals surface area contributed by atoms with Gasteiger partial charge in [-0.25, -0.2) is 4.79 Å². The van der Waals surface area contributed by atoms with E-state index in [0.717, 1.165) is 21.7 Å². The minimum absolute atomic E-state index is 0.201. The summed E-state index contributed by atoms with van der Waals surface area (Å²) in [6.07, 6.45) is 0. The number of phenolic OH excluding ortho intramolecular Hbond substituents is 1. The molecule has 3 nitrogen and oxygen atoms in total. The number of hydrogen-bond acceptors (Lipinski definition) is 3. The summed E-state index contributed by atoms with van der Waals surface area (Å²) in [7, 11) is 0. The number of benzene rings is 2. The van der Waals surface area contributed by atoms with Crippen LogP contribution in [0.4, 0.5) is 0 Å². The molecule has 3 rings (SSSR count). The molecule has 0 aliphatic carbocycles. The largest absolute Gasteiger partial charge is 0.508 e. The first kappa shape index (κ1) is 9.90. The predicted molar refractivity (Wildman–Crippen MR) is 66.4 cm³/mol. The third-order valence-corrected chi connectivity index (χ3v) is 2.89. The standard InChI is InChI=1S/C14H10O3/c1-8-4-14(16)17-13-7-10-5-11(15)3-2-9(10)6-12(8)13/h2-7,15H,1H3. The lowest BCUT2D eigenvalue weighted by atomic mass is 10.0. The van der Waals surface area contributed by atoms with E-state index < -0.39 is 0 Å². The van der Waals surface area contributed by atoms with Gasteiger partial charge in [0.15, 0.2) is 0 Å². The molecule has 0 atom stereocenters. The Balaban J connectivity index is 2.52. The van der Waals surface area contributed by atoms with E-state index in [0.29, 0.717) is 5.58 Å². The van der Waals surface area contributed by atoms with Crippen LogP contribution in [0.25, 0.3) is 21.7 Å². The minimum atomic E-state index is -0.352. The van der Waals surface area contributed by atoms with Gasteiger partial charge in [0, 0.05) is 11.5 Å². The topological polar surface area (TPSA) is 50.4 Å². The van der Waals surface area contributed by atoms with Crippen molar-refractivity contribution in [1.29, 1.82) is 0 Å². The van der Waals surface area contributed by atoms with Crippen LogP contribution in [0.15, 0.2) is 45.6 Å². The summed E-state index contributed by atoms with van der Waals surface area (Å²) in [5.74, 6) is 0.201. The molecule has 0 aliphatic rings. The molecule has 2 aromatic carbocycles. The quantitative estimate of drug-likeness (QED) is 0.473. The fourth-order valence-electron chi connectivity index (χ4n) is 2.05. The number of phenols is 1. The van der Waals surface area contributed by atoms with Crippen molar-refractivity contribution in [1.82, 2.24) is 0 Å². The maximum atomic E-state index is 11.3. The molecule has 0 saturated heterocycles. The van der Waals surface area contributed by atoms with Crippen molar-refractivity contribution < 1.29 is 9.52 Å². The second-order valence-corrected chi connectivity index (χ2v) is 4.13. The lowest BCUT2D eigenvalue weighted by molar-refractivity contribution is 0.476. The Morgan fingerprint density at radius 2 is 1.88 bits per heavy atom. The molecule has 84 valence electrons. The highest BCUT2D eigenvalue weighted by molar-refractivity contribution is 5.97. The average Bonchev–Trinajstić information content (AvgIpc) is 2.26. The van der Waals surface area contributed by atoms with Crippen molar-refractivity contribution in [2.24, 2.45) is 0 Å². The van der Waals surface area contributed by atoms with Crippen LogP contribution in [0.3, 0.4) is 0 Å². The average molecular weight is 226 g/mol. The van der Waals surface area contributed by atoms with Crippen molar-refractivity contribution in [3.05, 3.63) is 52.4 Å². The number of aryl methyl sites for hydroxylation is 1. The van der Waals surface area contributed by atoms with E-state index >= 15 is 0 Å². The van der Waals surface area contributed by atoms with E-state index in [4.69, 9.17) is 4.42 Å². The molecule has 0 amide bonds. The normalized spacial score (nSPS) is 11.1. The number of hydrogen-bond donors (Lipinski definition) is 1. The molecule has 0 spiro atoms. The fraction of sp³-hybridized carbons (Fsp3) is 0.0714. The Labute approximate surface area is 96.9 Å². The van der Waals surface area contributed by atoms with Crippen LogP contribution < -0.4 is 5.63 Å². The third-order valence-electron chi connectivity index (χ3n) is 2.89. The van der Waals surface area contributed by atoms with Crippen LogP contribution in [0.2, 0.25) is 0 Å². The minimum Gasteiger partial charge on any atom is -0.508 e. The fourth-order valence-corrected chi connectivity index (χ4v) is 2.05. The Morgan fingerprint density at radius 1 is 1.06 bits per heavy atom. The summed E-state index contributed by atoms with van der Waals surface area (Å²) in [5, 5.41) is 12.2. The van der Waals surface area contributed by atoms with Gasteiger partial charge in [-0.05, 0) is 47.5 Å². The molecule has 0 bridgehead atoms. The molecule has 0 fully saturated rings. The monoisotopic (exact) mass is 226 g/mol. The smallest absolute Gasteiger partial charge is 0.336 e. The second kappa shape index (κ2) is 3.35. The van der Waals surface area contributed by atoms with Gasteiger partial charge in [-0.3, -0.25) is 0 Å². The summed E-state index contributed by atoms with van der Waals surface area (Å²) in [6.45, 7) is 1.88. The van der Waals surface area contributed by atoms with E-state index in [1.54, 1.807) is 18.2 Å². The number of rotatable bonds is 0. The first-order valence-electron chi connectivity index (χ1n) is 5.31. The molecule has 1 heterocycles. The third kappa shape index (κ3) is 1.56. The number of aromatic hydroxyl groups is 1. The maximum absolute atomic E-state index is 11.3. The van der Waals surface area contributed by atoms with Gasteiger partial charge in [0.2, 0.25) is 0 Å². The lowest BCUT2D eigenvalue weighted by Crippen LogP contribution is -1.97. The van der Waals surface area contributed by atoms with E-state index in [2.05, 4.69) is 0 Å². The Bertz CT molecular complexity index is 784. The van der Waals surface area contributed by atoms with E-state index in [9.17, 15) is 9.90 Å². The molecule has 0 saturated carbocycles. The molecule has 3 heteroatoms. The second-order valence-electron chi connectivity index (χ2n) is 4.13. The molecule has 0 aliphatic heterocycles. The molecule has 0 radical (unpaired) electrons. The lowest BCUT2D eigenvalue weighted by Gasteiger charge is -2.03.